The number of piperidine rings is 1. The summed E-state index contributed by atoms with van der Waals surface area (Å²) in [6.07, 6.45) is 1.84. The number of likely N-dealkylation sites (tertiary alicyclic amines) is 1. The van der Waals surface area contributed by atoms with Gasteiger partial charge in [0.15, 0.2) is 0 Å². The van der Waals surface area contributed by atoms with E-state index in [-0.39, 0.29) is 18.4 Å². The van der Waals surface area contributed by atoms with Gasteiger partial charge in [-0.15, -0.1) is 0 Å². The molecule has 0 radical (unpaired) electrons. The highest BCUT2D eigenvalue weighted by atomic mass is 16.6. The zero-order chi connectivity index (χ0) is 18.3. The Labute approximate surface area is 144 Å². The molecule has 0 aromatic heterocycles. The number of amides is 3. The number of hydrogen-bond acceptors (Lipinski definition) is 4. The predicted molar refractivity (Wildman–Crippen MR) is 91.5 cm³/mol. The van der Waals surface area contributed by atoms with Crippen LogP contribution in [0.15, 0.2) is 0 Å². The Morgan fingerprint density at radius 2 is 1.79 bits per heavy atom. The van der Waals surface area contributed by atoms with Crippen molar-refractivity contribution in [1.82, 2.24) is 15.1 Å². The van der Waals surface area contributed by atoms with Gasteiger partial charge in [0.1, 0.15) is 11.6 Å². The van der Waals surface area contributed by atoms with Gasteiger partial charge in [0.2, 0.25) is 11.8 Å². The predicted octanol–water partition coefficient (Wildman–Crippen LogP) is 1.76. The topological polar surface area (TPSA) is 79.0 Å². The van der Waals surface area contributed by atoms with Crippen LogP contribution in [0.4, 0.5) is 4.79 Å². The van der Waals surface area contributed by atoms with E-state index >= 15 is 0 Å². The number of carbonyl (C=O) groups excluding carboxylic acids is 3. The van der Waals surface area contributed by atoms with Crippen molar-refractivity contribution < 1.29 is 19.1 Å². The minimum Gasteiger partial charge on any atom is -0.444 e. The highest BCUT2D eigenvalue weighted by molar-refractivity contribution is 5.89. The van der Waals surface area contributed by atoms with E-state index in [1.54, 1.807) is 25.7 Å². The van der Waals surface area contributed by atoms with Gasteiger partial charge < -0.3 is 15.0 Å². The molecule has 1 aliphatic rings. The van der Waals surface area contributed by atoms with E-state index in [1.165, 1.54) is 4.90 Å². The van der Waals surface area contributed by atoms with Crippen molar-refractivity contribution in [1.29, 1.82) is 0 Å². The molecule has 7 heteroatoms. The van der Waals surface area contributed by atoms with Crippen LogP contribution in [0.2, 0.25) is 0 Å². The Morgan fingerprint density at radius 3 is 2.33 bits per heavy atom. The number of rotatable bonds is 5. The van der Waals surface area contributed by atoms with Gasteiger partial charge in [-0.25, -0.2) is 4.79 Å². The van der Waals surface area contributed by atoms with Crippen LogP contribution in [-0.4, -0.2) is 65.5 Å². The summed E-state index contributed by atoms with van der Waals surface area (Å²) in [7, 11) is 0. The second-order valence-corrected chi connectivity index (χ2v) is 6.97. The van der Waals surface area contributed by atoms with E-state index in [4.69, 9.17) is 4.74 Å². The maximum Gasteiger partial charge on any atom is 0.410 e. The van der Waals surface area contributed by atoms with Gasteiger partial charge in [-0.05, 0) is 53.9 Å². The first-order chi connectivity index (χ1) is 11.2. The van der Waals surface area contributed by atoms with Crippen molar-refractivity contribution in [3.63, 3.8) is 0 Å². The molecular formula is C17H31N3O4. The van der Waals surface area contributed by atoms with E-state index < -0.39 is 17.7 Å². The first kappa shape index (κ1) is 20.3. The van der Waals surface area contributed by atoms with Gasteiger partial charge in [-0.2, -0.15) is 0 Å². The molecule has 3 amide bonds. The molecule has 1 N–H and O–H groups in total. The van der Waals surface area contributed by atoms with Crippen molar-refractivity contribution >= 4 is 17.9 Å². The molecule has 0 saturated carbocycles. The molecule has 138 valence electrons. The first-order valence-electron chi connectivity index (χ1n) is 8.74. The molecule has 1 rings (SSSR count). The van der Waals surface area contributed by atoms with Crippen molar-refractivity contribution in [3.05, 3.63) is 0 Å². The second-order valence-electron chi connectivity index (χ2n) is 6.97. The van der Waals surface area contributed by atoms with Gasteiger partial charge in [0.25, 0.3) is 0 Å². The fraction of sp³-hybridized carbons (Fsp3) is 0.824. The summed E-state index contributed by atoms with van der Waals surface area (Å²) >= 11 is 0. The Hall–Kier alpha value is -1.79. The number of carbonyl (C=O) groups is 3. The summed E-state index contributed by atoms with van der Waals surface area (Å²) < 4.78 is 5.39. The average Bonchev–Trinajstić information content (AvgIpc) is 2.52. The fourth-order valence-corrected chi connectivity index (χ4v) is 2.71. The van der Waals surface area contributed by atoms with E-state index in [0.29, 0.717) is 26.1 Å². The highest BCUT2D eigenvalue weighted by Crippen LogP contribution is 2.20. The molecule has 0 spiro atoms. The number of hydrogen-bond donors (Lipinski definition) is 1. The Bertz CT molecular complexity index is 455. The van der Waals surface area contributed by atoms with Gasteiger partial charge in [0, 0.05) is 19.6 Å². The third-order valence-corrected chi connectivity index (χ3v) is 3.96. The van der Waals surface area contributed by atoms with Crippen molar-refractivity contribution in [2.24, 2.45) is 0 Å². The van der Waals surface area contributed by atoms with Gasteiger partial charge in [-0.1, -0.05) is 0 Å². The van der Waals surface area contributed by atoms with Crippen LogP contribution in [0, 0.1) is 0 Å². The van der Waals surface area contributed by atoms with Gasteiger partial charge >= 0.3 is 6.09 Å². The van der Waals surface area contributed by atoms with Gasteiger partial charge in [-0.3, -0.25) is 14.5 Å². The largest absolute Gasteiger partial charge is 0.444 e. The maximum atomic E-state index is 12.5. The van der Waals surface area contributed by atoms with Crippen LogP contribution in [0.25, 0.3) is 0 Å². The summed E-state index contributed by atoms with van der Waals surface area (Å²) in [5.74, 6) is -0.408. The van der Waals surface area contributed by atoms with E-state index in [2.05, 4.69) is 5.32 Å². The zero-order valence-corrected chi connectivity index (χ0v) is 15.6. The quantitative estimate of drug-likeness (QED) is 0.826. The van der Waals surface area contributed by atoms with Crippen LogP contribution in [0.3, 0.4) is 0 Å². The summed E-state index contributed by atoms with van der Waals surface area (Å²) in [6, 6.07) is -0.571. The molecule has 1 aliphatic heterocycles. The molecule has 0 bridgehead atoms. The highest BCUT2D eigenvalue weighted by Gasteiger charge is 2.34. The molecule has 0 aliphatic carbocycles. The van der Waals surface area contributed by atoms with Crippen LogP contribution >= 0.6 is 0 Å². The third-order valence-electron chi connectivity index (χ3n) is 3.96. The lowest BCUT2D eigenvalue weighted by Crippen LogP contribution is -2.54. The Balaban J connectivity index is 2.65. The minimum atomic E-state index is -0.603. The molecule has 24 heavy (non-hydrogen) atoms. The lowest BCUT2D eigenvalue weighted by molar-refractivity contribution is -0.134. The van der Waals surface area contributed by atoms with Crippen LogP contribution in [-0.2, 0) is 14.3 Å². The number of nitrogens with zero attached hydrogens (tertiary/aromatic N) is 2. The van der Waals surface area contributed by atoms with Crippen molar-refractivity contribution in [3.8, 4) is 0 Å². The monoisotopic (exact) mass is 341 g/mol. The summed E-state index contributed by atoms with van der Waals surface area (Å²) in [6.45, 7) is 10.9. The van der Waals surface area contributed by atoms with Crippen LogP contribution in [0.5, 0.6) is 0 Å². The molecule has 7 nitrogen and oxygen atoms in total. The van der Waals surface area contributed by atoms with E-state index in [9.17, 15) is 14.4 Å². The second kappa shape index (κ2) is 8.89. The fourth-order valence-electron chi connectivity index (χ4n) is 2.71. The average molecular weight is 341 g/mol. The number of likely N-dealkylation sites (N-methyl/N-ethyl adjacent to an activating group) is 1. The molecule has 1 heterocycles. The molecular weight excluding hydrogens is 310 g/mol. The molecule has 0 aromatic rings. The first-order valence-corrected chi connectivity index (χ1v) is 8.74. The molecule has 1 atom stereocenters. The Morgan fingerprint density at radius 1 is 1.17 bits per heavy atom. The van der Waals surface area contributed by atoms with Gasteiger partial charge in [0.05, 0.1) is 6.54 Å². The molecule has 0 unspecified atom stereocenters. The molecule has 1 saturated heterocycles. The molecule has 0 aromatic carbocycles. The summed E-state index contributed by atoms with van der Waals surface area (Å²) in [5.41, 5.74) is -0.603. The van der Waals surface area contributed by atoms with Crippen molar-refractivity contribution in [2.75, 3.05) is 26.2 Å². The standard InChI is InChI=1S/C17H31N3O4/c1-6-19(7-2)14(21)12-18-15(22)13-10-8-9-11-20(13)16(23)24-17(3,4)5/h13H,6-12H2,1-5H3,(H,18,22)/t13-/m1/s1. The maximum absolute atomic E-state index is 12.5. The zero-order valence-electron chi connectivity index (χ0n) is 15.6. The van der Waals surface area contributed by atoms with E-state index in [1.807, 2.05) is 13.8 Å². The minimum absolute atomic E-state index is 0.0425. The Kier molecular flexibility index (Phi) is 7.51. The molecule has 1 fully saturated rings. The third kappa shape index (κ3) is 6.02. The lowest BCUT2D eigenvalue weighted by atomic mass is 10.0. The lowest BCUT2D eigenvalue weighted by Gasteiger charge is -2.35. The SMILES string of the molecule is CCN(CC)C(=O)CNC(=O)[C@H]1CCCCN1C(=O)OC(C)(C)C. The normalized spacial score (nSPS) is 18.0. The van der Waals surface area contributed by atoms with Crippen LogP contribution in [0.1, 0.15) is 53.9 Å². The smallest absolute Gasteiger partial charge is 0.410 e. The van der Waals surface area contributed by atoms with E-state index in [0.717, 1.165) is 12.8 Å². The summed E-state index contributed by atoms with van der Waals surface area (Å²) in [5, 5.41) is 2.67. The van der Waals surface area contributed by atoms with Crippen LogP contribution < -0.4 is 5.32 Å². The van der Waals surface area contributed by atoms with Crippen molar-refractivity contribution in [2.45, 2.75) is 65.5 Å². The summed E-state index contributed by atoms with van der Waals surface area (Å²) in [4.78, 5) is 39.9. The number of ether oxygens (including phenoxy) is 1. The number of nitrogens with one attached hydrogen (secondary N) is 1.